The second-order valence-electron chi connectivity index (χ2n) is 5.27. The first kappa shape index (κ1) is 18.3. The second kappa shape index (κ2) is 9.27. The van der Waals surface area contributed by atoms with Gasteiger partial charge in [-0.15, -0.1) is 0 Å². The second-order valence-corrected chi connectivity index (χ2v) is 5.27. The molecule has 2 aromatic rings. The number of amides is 1. The maximum atomic E-state index is 12.8. The molecule has 0 unspecified atom stereocenters. The van der Waals surface area contributed by atoms with Crippen molar-refractivity contribution < 1.29 is 13.9 Å². The molecule has 0 spiro atoms. The van der Waals surface area contributed by atoms with E-state index in [1.165, 1.54) is 12.1 Å². The standard InChI is InChI=1S/C18H21FN4O2/c1-25-16-8-6-15(7-9-16)23-18(20)22-11-10-21-17(24)12-13-2-4-14(19)5-3-13/h2-9H,10-12H2,1H3,(H,21,24)(H3,20,22,23). The SMILES string of the molecule is COc1ccc(NC(N)=NCCNC(=O)Cc2ccc(F)cc2)cc1. The Bertz CT molecular complexity index is 715. The highest BCUT2D eigenvalue weighted by molar-refractivity contribution is 5.92. The molecular formula is C18H21FN4O2. The number of guanidine groups is 1. The fourth-order valence-electron chi connectivity index (χ4n) is 2.08. The smallest absolute Gasteiger partial charge is 0.224 e. The Morgan fingerprint density at radius 1 is 1.16 bits per heavy atom. The van der Waals surface area contributed by atoms with E-state index in [9.17, 15) is 9.18 Å². The molecule has 0 fully saturated rings. The first-order valence-electron chi connectivity index (χ1n) is 7.79. The van der Waals surface area contributed by atoms with Crippen molar-refractivity contribution in [3.05, 3.63) is 59.9 Å². The molecule has 2 aromatic carbocycles. The Balaban J connectivity index is 1.70. The number of nitrogens with one attached hydrogen (secondary N) is 2. The molecule has 0 aliphatic rings. The number of hydrogen-bond donors (Lipinski definition) is 3. The summed E-state index contributed by atoms with van der Waals surface area (Å²) in [5.74, 6) is 0.546. The summed E-state index contributed by atoms with van der Waals surface area (Å²) in [5.41, 5.74) is 7.34. The summed E-state index contributed by atoms with van der Waals surface area (Å²) in [5, 5.41) is 5.69. The molecule has 25 heavy (non-hydrogen) atoms. The highest BCUT2D eigenvalue weighted by Crippen LogP contribution is 2.14. The van der Waals surface area contributed by atoms with Crippen LogP contribution in [0.2, 0.25) is 0 Å². The van der Waals surface area contributed by atoms with Gasteiger partial charge in [0.05, 0.1) is 20.1 Å². The summed E-state index contributed by atoms with van der Waals surface area (Å²) in [6.45, 7) is 0.717. The van der Waals surface area contributed by atoms with Gasteiger partial charge in [-0.25, -0.2) is 4.39 Å². The fourth-order valence-corrected chi connectivity index (χ4v) is 2.08. The first-order chi connectivity index (χ1) is 12.1. The van der Waals surface area contributed by atoms with Crippen LogP contribution < -0.4 is 21.1 Å². The van der Waals surface area contributed by atoms with E-state index < -0.39 is 0 Å². The Labute approximate surface area is 145 Å². The van der Waals surface area contributed by atoms with Crippen molar-refractivity contribution >= 4 is 17.6 Å². The lowest BCUT2D eigenvalue weighted by Crippen LogP contribution is -2.29. The molecule has 0 aliphatic heterocycles. The van der Waals surface area contributed by atoms with Crippen LogP contribution in [0.3, 0.4) is 0 Å². The van der Waals surface area contributed by atoms with Crippen molar-refractivity contribution in [2.75, 3.05) is 25.5 Å². The van der Waals surface area contributed by atoms with Gasteiger partial charge in [-0.3, -0.25) is 9.79 Å². The lowest BCUT2D eigenvalue weighted by molar-refractivity contribution is -0.120. The number of methoxy groups -OCH3 is 1. The number of ether oxygens (including phenoxy) is 1. The maximum Gasteiger partial charge on any atom is 0.224 e. The number of rotatable bonds is 7. The summed E-state index contributed by atoms with van der Waals surface area (Å²) in [7, 11) is 1.60. The van der Waals surface area contributed by atoms with Crippen LogP contribution >= 0.6 is 0 Å². The van der Waals surface area contributed by atoms with E-state index in [0.29, 0.717) is 13.1 Å². The minimum absolute atomic E-state index is 0.150. The average molecular weight is 344 g/mol. The maximum absolute atomic E-state index is 12.8. The molecule has 0 aliphatic carbocycles. The van der Waals surface area contributed by atoms with E-state index in [0.717, 1.165) is 17.0 Å². The van der Waals surface area contributed by atoms with Crippen LogP contribution in [0.25, 0.3) is 0 Å². The third-order valence-electron chi connectivity index (χ3n) is 3.36. The largest absolute Gasteiger partial charge is 0.497 e. The molecule has 1 amide bonds. The molecule has 132 valence electrons. The quantitative estimate of drug-likeness (QED) is 0.407. The number of nitrogens with zero attached hydrogens (tertiary/aromatic N) is 1. The average Bonchev–Trinajstić information content (AvgIpc) is 2.61. The number of benzene rings is 2. The topological polar surface area (TPSA) is 88.7 Å². The van der Waals surface area contributed by atoms with Gasteiger partial charge in [0.1, 0.15) is 11.6 Å². The van der Waals surface area contributed by atoms with Crippen molar-refractivity contribution in [1.29, 1.82) is 0 Å². The molecule has 0 radical (unpaired) electrons. The third-order valence-corrected chi connectivity index (χ3v) is 3.36. The molecule has 6 nitrogen and oxygen atoms in total. The van der Waals surface area contributed by atoms with Crippen LogP contribution in [0.15, 0.2) is 53.5 Å². The minimum Gasteiger partial charge on any atom is -0.497 e. The van der Waals surface area contributed by atoms with Crippen LogP contribution in [0.4, 0.5) is 10.1 Å². The molecule has 0 heterocycles. The molecule has 4 N–H and O–H groups in total. The number of aliphatic imine (C=N–C) groups is 1. The predicted molar refractivity (Wildman–Crippen MR) is 96.2 cm³/mol. The molecular weight excluding hydrogens is 323 g/mol. The van der Waals surface area contributed by atoms with Gasteiger partial charge >= 0.3 is 0 Å². The summed E-state index contributed by atoms with van der Waals surface area (Å²) in [6, 6.07) is 13.1. The lowest BCUT2D eigenvalue weighted by atomic mass is 10.1. The summed E-state index contributed by atoms with van der Waals surface area (Å²) < 4.78 is 17.9. The van der Waals surface area contributed by atoms with Gasteiger partial charge in [-0.05, 0) is 42.0 Å². The van der Waals surface area contributed by atoms with Crippen LogP contribution in [-0.2, 0) is 11.2 Å². The third kappa shape index (κ3) is 6.50. The lowest BCUT2D eigenvalue weighted by Gasteiger charge is -2.07. The summed E-state index contributed by atoms with van der Waals surface area (Å²) in [6.07, 6.45) is 0.198. The van der Waals surface area contributed by atoms with E-state index in [-0.39, 0.29) is 24.1 Å². The zero-order valence-corrected chi connectivity index (χ0v) is 14.0. The molecule has 0 saturated carbocycles. The monoisotopic (exact) mass is 344 g/mol. The summed E-state index contributed by atoms with van der Waals surface area (Å²) in [4.78, 5) is 15.9. The van der Waals surface area contributed by atoms with Gasteiger partial charge < -0.3 is 21.1 Å². The Morgan fingerprint density at radius 3 is 2.48 bits per heavy atom. The number of nitrogens with two attached hydrogens (primary N) is 1. The van der Waals surface area contributed by atoms with Crippen LogP contribution in [0.5, 0.6) is 5.75 Å². The van der Waals surface area contributed by atoms with Gasteiger partial charge in [0, 0.05) is 12.2 Å². The molecule has 0 atom stereocenters. The van der Waals surface area contributed by atoms with Crippen LogP contribution in [-0.4, -0.2) is 32.1 Å². The van der Waals surface area contributed by atoms with E-state index in [1.807, 2.05) is 24.3 Å². The van der Waals surface area contributed by atoms with Crippen molar-refractivity contribution in [1.82, 2.24) is 5.32 Å². The molecule has 0 bridgehead atoms. The van der Waals surface area contributed by atoms with Gasteiger partial charge in [-0.1, -0.05) is 12.1 Å². The number of halogens is 1. The number of hydrogen-bond acceptors (Lipinski definition) is 3. The number of carbonyl (C=O) groups is 1. The minimum atomic E-state index is -0.321. The van der Waals surface area contributed by atoms with E-state index in [4.69, 9.17) is 10.5 Å². The Kier molecular flexibility index (Phi) is 6.76. The normalized spacial score (nSPS) is 11.0. The zero-order chi connectivity index (χ0) is 18.1. The number of anilines is 1. The van der Waals surface area contributed by atoms with Crippen molar-refractivity contribution in [2.24, 2.45) is 10.7 Å². The van der Waals surface area contributed by atoms with Gasteiger partial charge in [0.15, 0.2) is 5.96 Å². The Hall–Kier alpha value is -3.09. The Morgan fingerprint density at radius 2 is 1.84 bits per heavy atom. The highest BCUT2D eigenvalue weighted by Gasteiger charge is 2.03. The van der Waals surface area contributed by atoms with Crippen molar-refractivity contribution in [3.8, 4) is 5.75 Å². The van der Waals surface area contributed by atoms with Crippen molar-refractivity contribution in [2.45, 2.75) is 6.42 Å². The van der Waals surface area contributed by atoms with E-state index >= 15 is 0 Å². The van der Waals surface area contributed by atoms with Crippen LogP contribution in [0, 0.1) is 5.82 Å². The highest BCUT2D eigenvalue weighted by atomic mass is 19.1. The predicted octanol–water partition coefficient (Wildman–Crippen LogP) is 1.92. The summed E-state index contributed by atoms with van der Waals surface area (Å²) >= 11 is 0. The molecule has 7 heteroatoms. The van der Waals surface area contributed by atoms with Crippen LogP contribution in [0.1, 0.15) is 5.56 Å². The van der Waals surface area contributed by atoms with Gasteiger partial charge in [0.25, 0.3) is 0 Å². The van der Waals surface area contributed by atoms with E-state index in [1.54, 1.807) is 19.2 Å². The zero-order valence-electron chi connectivity index (χ0n) is 14.0. The van der Waals surface area contributed by atoms with E-state index in [2.05, 4.69) is 15.6 Å². The first-order valence-corrected chi connectivity index (χ1v) is 7.79. The fraction of sp³-hybridized carbons (Fsp3) is 0.222. The molecule has 0 aromatic heterocycles. The number of carbonyl (C=O) groups excluding carboxylic acids is 1. The van der Waals surface area contributed by atoms with Crippen molar-refractivity contribution in [3.63, 3.8) is 0 Å². The van der Waals surface area contributed by atoms with Gasteiger partial charge in [-0.2, -0.15) is 0 Å². The molecule has 2 rings (SSSR count). The van der Waals surface area contributed by atoms with Gasteiger partial charge in [0.2, 0.25) is 5.91 Å². The molecule has 0 saturated heterocycles.